The molecule has 0 spiro atoms. The Morgan fingerprint density at radius 1 is 1.19 bits per heavy atom. The first kappa shape index (κ1) is 16.0. The Morgan fingerprint density at radius 2 is 2.15 bits per heavy atom. The number of aromatic amines is 1. The highest BCUT2D eigenvalue weighted by Crippen LogP contribution is 2.27. The molecule has 27 heavy (non-hydrogen) atoms. The van der Waals surface area contributed by atoms with Crippen LogP contribution in [-0.4, -0.2) is 43.7 Å². The van der Waals surface area contributed by atoms with Gasteiger partial charge >= 0.3 is 0 Å². The largest absolute Gasteiger partial charge is 0.366 e. The average molecular weight is 359 g/mol. The Bertz CT molecular complexity index is 1050. The summed E-state index contributed by atoms with van der Waals surface area (Å²) in [7, 11) is 0. The van der Waals surface area contributed by atoms with Crippen LogP contribution in [0.25, 0.3) is 28.2 Å². The number of imidazole rings is 1. The standard InChI is InChI=1S/C20H21N7/c1-3-14(11-15(4-1)19-22-8-9-23-19)17-13-24-27-10-6-18(26-20(17)27)25-16-5-2-7-21-12-16/h1,3-4,6,8-11,13,16,21H,2,5,7,12H2,(H,22,23)(H,25,26). The first-order valence-corrected chi connectivity index (χ1v) is 9.29. The number of H-pyrrole nitrogens is 1. The highest BCUT2D eigenvalue weighted by atomic mass is 15.3. The number of piperidine rings is 1. The zero-order valence-electron chi connectivity index (χ0n) is 14.9. The van der Waals surface area contributed by atoms with Crippen LogP contribution < -0.4 is 10.6 Å². The van der Waals surface area contributed by atoms with E-state index in [-0.39, 0.29) is 0 Å². The normalized spacial score (nSPS) is 17.3. The van der Waals surface area contributed by atoms with Crippen molar-refractivity contribution in [2.75, 3.05) is 18.4 Å². The Kier molecular flexibility index (Phi) is 4.06. The molecule has 1 unspecified atom stereocenters. The van der Waals surface area contributed by atoms with E-state index < -0.39 is 0 Å². The van der Waals surface area contributed by atoms with Gasteiger partial charge in [-0.3, -0.25) is 0 Å². The maximum absolute atomic E-state index is 4.84. The molecule has 0 saturated carbocycles. The van der Waals surface area contributed by atoms with E-state index in [0.29, 0.717) is 6.04 Å². The van der Waals surface area contributed by atoms with Crippen molar-refractivity contribution < 1.29 is 0 Å². The lowest BCUT2D eigenvalue weighted by molar-refractivity contribution is 0.479. The summed E-state index contributed by atoms with van der Waals surface area (Å²) >= 11 is 0. The molecule has 4 heterocycles. The van der Waals surface area contributed by atoms with E-state index in [1.807, 2.05) is 41.3 Å². The molecule has 1 aromatic carbocycles. The van der Waals surface area contributed by atoms with Crippen LogP contribution in [0, 0.1) is 0 Å². The molecule has 1 fully saturated rings. The summed E-state index contributed by atoms with van der Waals surface area (Å²) in [4.78, 5) is 12.3. The van der Waals surface area contributed by atoms with E-state index in [9.17, 15) is 0 Å². The molecule has 7 nitrogen and oxygen atoms in total. The van der Waals surface area contributed by atoms with Gasteiger partial charge in [0, 0.05) is 42.3 Å². The molecule has 0 amide bonds. The van der Waals surface area contributed by atoms with Crippen LogP contribution in [0.15, 0.2) is 55.1 Å². The zero-order valence-corrected chi connectivity index (χ0v) is 14.9. The fraction of sp³-hybridized carbons (Fsp3) is 0.250. The van der Waals surface area contributed by atoms with E-state index in [1.54, 1.807) is 6.20 Å². The molecular weight excluding hydrogens is 338 g/mol. The monoisotopic (exact) mass is 359 g/mol. The van der Waals surface area contributed by atoms with Crippen molar-refractivity contribution in [2.24, 2.45) is 0 Å². The predicted octanol–water partition coefficient (Wildman–Crippen LogP) is 2.95. The minimum absolute atomic E-state index is 0.419. The number of anilines is 1. The molecule has 3 N–H and O–H groups in total. The minimum atomic E-state index is 0.419. The highest BCUT2D eigenvalue weighted by molar-refractivity contribution is 5.80. The molecule has 1 atom stereocenters. The Hall–Kier alpha value is -3.19. The number of hydrogen-bond acceptors (Lipinski definition) is 5. The second kappa shape index (κ2) is 6.85. The van der Waals surface area contributed by atoms with Crippen molar-refractivity contribution in [2.45, 2.75) is 18.9 Å². The number of fused-ring (bicyclic) bond motifs is 1. The number of benzene rings is 1. The lowest BCUT2D eigenvalue weighted by atomic mass is 10.1. The van der Waals surface area contributed by atoms with Gasteiger partial charge in [-0.1, -0.05) is 18.2 Å². The van der Waals surface area contributed by atoms with Crippen molar-refractivity contribution in [1.82, 2.24) is 29.9 Å². The molecule has 136 valence electrons. The molecule has 0 radical (unpaired) electrons. The van der Waals surface area contributed by atoms with Crippen LogP contribution in [0.5, 0.6) is 0 Å². The predicted molar refractivity (Wildman–Crippen MR) is 106 cm³/mol. The van der Waals surface area contributed by atoms with Crippen LogP contribution in [-0.2, 0) is 0 Å². The SMILES string of the molecule is c1cc(-c2ncc[nH]2)cc(-c2cnn3ccc(NC4CCCNC4)nc23)c1. The summed E-state index contributed by atoms with van der Waals surface area (Å²) in [5.74, 6) is 1.74. The highest BCUT2D eigenvalue weighted by Gasteiger charge is 2.15. The van der Waals surface area contributed by atoms with E-state index in [4.69, 9.17) is 4.98 Å². The Balaban J connectivity index is 1.50. The minimum Gasteiger partial charge on any atom is -0.366 e. The van der Waals surface area contributed by atoms with Gasteiger partial charge in [0.2, 0.25) is 0 Å². The van der Waals surface area contributed by atoms with Gasteiger partial charge < -0.3 is 15.6 Å². The van der Waals surface area contributed by atoms with Gasteiger partial charge in [0.25, 0.3) is 0 Å². The molecule has 4 aromatic rings. The zero-order chi connectivity index (χ0) is 18.1. The average Bonchev–Trinajstić information content (AvgIpc) is 3.39. The summed E-state index contributed by atoms with van der Waals surface area (Å²) in [6, 6.07) is 10.7. The van der Waals surface area contributed by atoms with Crippen molar-refractivity contribution in [3.8, 4) is 22.5 Å². The summed E-state index contributed by atoms with van der Waals surface area (Å²) in [5.41, 5.74) is 3.97. The van der Waals surface area contributed by atoms with Crippen molar-refractivity contribution in [1.29, 1.82) is 0 Å². The number of rotatable bonds is 4. The van der Waals surface area contributed by atoms with Gasteiger partial charge in [0.1, 0.15) is 11.6 Å². The smallest absolute Gasteiger partial charge is 0.165 e. The van der Waals surface area contributed by atoms with Gasteiger partial charge in [0.15, 0.2) is 5.65 Å². The first-order valence-electron chi connectivity index (χ1n) is 9.29. The van der Waals surface area contributed by atoms with Gasteiger partial charge in [-0.05, 0) is 37.1 Å². The fourth-order valence-corrected chi connectivity index (χ4v) is 3.59. The van der Waals surface area contributed by atoms with Crippen LogP contribution in [0.3, 0.4) is 0 Å². The Morgan fingerprint density at radius 3 is 3.00 bits per heavy atom. The van der Waals surface area contributed by atoms with Gasteiger partial charge in [-0.15, -0.1) is 0 Å². The van der Waals surface area contributed by atoms with E-state index >= 15 is 0 Å². The van der Waals surface area contributed by atoms with Crippen molar-refractivity contribution in [3.63, 3.8) is 0 Å². The summed E-state index contributed by atoms with van der Waals surface area (Å²) in [5, 5.41) is 11.4. The van der Waals surface area contributed by atoms with Crippen LogP contribution in [0.1, 0.15) is 12.8 Å². The second-order valence-corrected chi connectivity index (χ2v) is 6.85. The van der Waals surface area contributed by atoms with Gasteiger partial charge in [-0.25, -0.2) is 14.5 Å². The van der Waals surface area contributed by atoms with Crippen molar-refractivity contribution in [3.05, 3.63) is 55.1 Å². The third-order valence-electron chi connectivity index (χ3n) is 4.96. The topological polar surface area (TPSA) is 82.9 Å². The van der Waals surface area contributed by atoms with E-state index in [2.05, 4.69) is 37.8 Å². The fourth-order valence-electron chi connectivity index (χ4n) is 3.59. The molecule has 3 aromatic heterocycles. The lowest BCUT2D eigenvalue weighted by Crippen LogP contribution is -2.38. The Labute approximate surface area is 156 Å². The molecule has 0 aliphatic carbocycles. The third-order valence-corrected chi connectivity index (χ3v) is 4.96. The number of aromatic nitrogens is 5. The molecule has 1 aliphatic heterocycles. The number of nitrogens with zero attached hydrogens (tertiary/aromatic N) is 4. The summed E-state index contributed by atoms with van der Waals surface area (Å²) < 4.78 is 1.82. The van der Waals surface area contributed by atoms with Crippen LogP contribution >= 0.6 is 0 Å². The van der Waals surface area contributed by atoms with E-state index in [1.165, 1.54) is 6.42 Å². The quantitative estimate of drug-likeness (QED) is 0.522. The number of hydrogen-bond donors (Lipinski definition) is 3. The lowest BCUT2D eigenvalue weighted by Gasteiger charge is -2.24. The molecular formula is C20H21N7. The maximum Gasteiger partial charge on any atom is 0.165 e. The second-order valence-electron chi connectivity index (χ2n) is 6.85. The van der Waals surface area contributed by atoms with Gasteiger partial charge in [-0.2, -0.15) is 5.10 Å². The van der Waals surface area contributed by atoms with E-state index in [0.717, 1.165) is 53.5 Å². The van der Waals surface area contributed by atoms with Crippen LogP contribution in [0.4, 0.5) is 5.82 Å². The summed E-state index contributed by atoms with van der Waals surface area (Å²) in [6.45, 7) is 2.08. The molecule has 7 heteroatoms. The third kappa shape index (κ3) is 3.17. The molecule has 1 aliphatic rings. The molecule has 1 saturated heterocycles. The van der Waals surface area contributed by atoms with Crippen molar-refractivity contribution >= 4 is 11.5 Å². The molecule has 5 rings (SSSR count). The maximum atomic E-state index is 4.84. The first-order chi connectivity index (χ1) is 13.4. The molecule has 0 bridgehead atoms. The van der Waals surface area contributed by atoms with Crippen LogP contribution in [0.2, 0.25) is 0 Å². The number of nitrogens with one attached hydrogen (secondary N) is 3. The van der Waals surface area contributed by atoms with Gasteiger partial charge in [0.05, 0.1) is 6.20 Å². The summed E-state index contributed by atoms with van der Waals surface area (Å²) in [6.07, 6.45) is 9.78.